The summed E-state index contributed by atoms with van der Waals surface area (Å²) in [5.41, 5.74) is 0.796. The minimum Gasteiger partial charge on any atom is -0.496 e. The average molecular weight is 399 g/mol. The Morgan fingerprint density at radius 2 is 1.86 bits per heavy atom. The molecular formula is C21H21NO5S. The summed E-state index contributed by atoms with van der Waals surface area (Å²) in [6, 6.07) is 11.3. The van der Waals surface area contributed by atoms with Gasteiger partial charge in [0.2, 0.25) is 0 Å². The highest BCUT2D eigenvalue weighted by Gasteiger charge is 2.36. The first-order valence-electron chi connectivity index (χ1n) is 8.87. The molecule has 0 spiro atoms. The van der Waals surface area contributed by atoms with Crippen LogP contribution < -0.4 is 4.74 Å². The molecule has 3 rings (SSSR count). The zero-order valence-corrected chi connectivity index (χ0v) is 16.7. The second kappa shape index (κ2) is 8.48. The van der Waals surface area contributed by atoms with Gasteiger partial charge in [0.05, 0.1) is 18.6 Å². The van der Waals surface area contributed by atoms with E-state index >= 15 is 0 Å². The van der Waals surface area contributed by atoms with Crippen molar-refractivity contribution in [3.8, 4) is 5.75 Å². The Morgan fingerprint density at radius 1 is 1.14 bits per heavy atom. The van der Waals surface area contributed by atoms with Crippen LogP contribution in [0.1, 0.15) is 19.4 Å². The van der Waals surface area contributed by atoms with Crippen molar-refractivity contribution < 1.29 is 23.9 Å². The van der Waals surface area contributed by atoms with Gasteiger partial charge in [0, 0.05) is 5.39 Å². The second-order valence-electron chi connectivity index (χ2n) is 6.75. The number of amides is 2. The van der Waals surface area contributed by atoms with Crippen LogP contribution in [0.5, 0.6) is 5.75 Å². The molecule has 0 radical (unpaired) electrons. The summed E-state index contributed by atoms with van der Waals surface area (Å²) >= 11 is 0.821. The molecule has 1 saturated heterocycles. The molecule has 0 aromatic heterocycles. The first kappa shape index (κ1) is 19.9. The summed E-state index contributed by atoms with van der Waals surface area (Å²) in [6.45, 7) is 3.70. The van der Waals surface area contributed by atoms with Crippen LogP contribution in [0.2, 0.25) is 0 Å². The van der Waals surface area contributed by atoms with Crippen LogP contribution in [-0.2, 0) is 14.3 Å². The van der Waals surface area contributed by atoms with Gasteiger partial charge in [-0.05, 0) is 40.8 Å². The minimum absolute atomic E-state index is 0.183. The van der Waals surface area contributed by atoms with Gasteiger partial charge in [-0.3, -0.25) is 19.3 Å². The summed E-state index contributed by atoms with van der Waals surface area (Å²) in [4.78, 5) is 37.9. The molecular weight excluding hydrogens is 378 g/mol. The van der Waals surface area contributed by atoms with E-state index in [0.717, 1.165) is 38.7 Å². The topological polar surface area (TPSA) is 72.9 Å². The fourth-order valence-electron chi connectivity index (χ4n) is 2.81. The first-order valence-corrected chi connectivity index (χ1v) is 9.69. The normalized spacial score (nSPS) is 15.7. The van der Waals surface area contributed by atoms with E-state index in [2.05, 4.69) is 0 Å². The molecule has 0 bridgehead atoms. The number of thioether (sulfide) groups is 1. The van der Waals surface area contributed by atoms with Gasteiger partial charge in [-0.25, -0.2) is 0 Å². The van der Waals surface area contributed by atoms with Crippen molar-refractivity contribution in [1.29, 1.82) is 0 Å². The van der Waals surface area contributed by atoms with Gasteiger partial charge in [0.25, 0.3) is 11.1 Å². The van der Waals surface area contributed by atoms with Crippen LogP contribution in [-0.4, -0.2) is 42.3 Å². The zero-order valence-electron chi connectivity index (χ0n) is 15.9. The van der Waals surface area contributed by atoms with E-state index in [1.165, 1.54) is 0 Å². The number of imide groups is 1. The fourth-order valence-corrected chi connectivity index (χ4v) is 3.64. The Balaban J connectivity index is 1.84. The van der Waals surface area contributed by atoms with Crippen LogP contribution >= 0.6 is 11.8 Å². The Labute approximate surface area is 167 Å². The number of methoxy groups -OCH3 is 1. The van der Waals surface area contributed by atoms with Gasteiger partial charge in [-0.2, -0.15) is 0 Å². The number of benzene rings is 2. The molecule has 1 fully saturated rings. The van der Waals surface area contributed by atoms with Crippen LogP contribution in [0.15, 0.2) is 41.3 Å². The summed E-state index contributed by atoms with van der Waals surface area (Å²) < 4.78 is 10.5. The number of nitrogens with zero attached hydrogens (tertiary/aromatic N) is 1. The quantitative estimate of drug-likeness (QED) is 0.538. The lowest BCUT2D eigenvalue weighted by Crippen LogP contribution is -2.34. The second-order valence-corrected chi connectivity index (χ2v) is 7.74. The lowest BCUT2D eigenvalue weighted by molar-refractivity contribution is -0.147. The molecule has 146 valence electrons. The van der Waals surface area contributed by atoms with Gasteiger partial charge >= 0.3 is 5.97 Å². The van der Waals surface area contributed by atoms with Crippen molar-refractivity contribution >= 4 is 45.7 Å². The summed E-state index contributed by atoms with van der Waals surface area (Å²) in [7, 11) is 1.60. The maximum Gasteiger partial charge on any atom is 0.326 e. The number of fused-ring (bicyclic) bond motifs is 1. The third-order valence-corrected chi connectivity index (χ3v) is 5.07. The number of rotatable bonds is 6. The predicted molar refractivity (Wildman–Crippen MR) is 109 cm³/mol. The number of ether oxygens (including phenoxy) is 2. The number of carbonyl (C=O) groups excluding carboxylic acids is 3. The molecule has 0 N–H and O–H groups in total. The Kier molecular flexibility index (Phi) is 6.04. The van der Waals surface area contributed by atoms with Crippen molar-refractivity contribution in [2.45, 2.75) is 13.8 Å². The van der Waals surface area contributed by atoms with Crippen LogP contribution in [0.25, 0.3) is 16.8 Å². The summed E-state index contributed by atoms with van der Waals surface area (Å²) in [6.07, 6.45) is 1.67. The minimum atomic E-state index is -0.591. The highest BCUT2D eigenvalue weighted by molar-refractivity contribution is 8.18. The molecule has 28 heavy (non-hydrogen) atoms. The smallest absolute Gasteiger partial charge is 0.326 e. The van der Waals surface area contributed by atoms with E-state index in [1.807, 2.05) is 50.2 Å². The van der Waals surface area contributed by atoms with Gasteiger partial charge in [0.1, 0.15) is 12.3 Å². The molecule has 7 heteroatoms. The van der Waals surface area contributed by atoms with Crippen molar-refractivity contribution in [3.05, 3.63) is 46.9 Å². The summed E-state index contributed by atoms with van der Waals surface area (Å²) in [5.74, 6) is -0.167. The van der Waals surface area contributed by atoms with E-state index in [0.29, 0.717) is 0 Å². The van der Waals surface area contributed by atoms with Gasteiger partial charge < -0.3 is 9.47 Å². The molecule has 2 amide bonds. The van der Waals surface area contributed by atoms with E-state index in [-0.39, 0.29) is 24.0 Å². The lowest BCUT2D eigenvalue weighted by atomic mass is 10.0. The highest BCUT2D eigenvalue weighted by Crippen LogP contribution is 2.35. The van der Waals surface area contributed by atoms with Crippen molar-refractivity contribution in [2.75, 3.05) is 20.3 Å². The number of esters is 1. The highest BCUT2D eigenvalue weighted by atomic mass is 32.2. The fraction of sp³-hybridized carbons (Fsp3) is 0.286. The molecule has 1 aliphatic rings. The predicted octanol–water partition coefficient (Wildman–Crippen LogP) is 4.08. The lowest BCUT2D eigenvalue weighted by Gasteiger charge is -2.12. The van der Waals surface area contributed by atoms with E-state index in [4.69, 9.17) is 9.47 Å². The number of carbonyl (C=O) groups is 3. The third-order valence-electron chi connectivity index (χ3n) is 4.16. The largest absolute Gasteiger partial charge is 0.496 e. The monoisotopic (exact) mass is 399 g/mol. The van der Waals surface area contributed by atoms with Crippen LogP contribution in [0, 0.1) is 5.92 Å². The first-order chi connectivity index (χ1) is 13.4. The molecule has 0 aliphatic carbocycles. The Hall–Kier alpha value is -2.80. The van der Waals surface area contributed by atoms with Crippen molar-refractivity contribution in [3.63, 3.8) is 0 Å². The Morgan fingerprint density at radius 3 is 2.54 bits per heavy atom. The molecule has 6 nitrogen and oxygen atoms in total. The molecule has 0 unspecified atom stereocenters. The molecule has 2 aromatic rings. The molecule has 1 heterocycles. The Bertz CT molecular complexity index is 966. The zero-order chi connectivity index (χ0) is 20.3. The molecule has 0 saturated carbocycles. The third kappa shape index (κ3) is 4.20. The van der Waals surface area contributed by atoms with E-state index in [1.54, 1.807) is 13.2 Å². The number of hydrogen-bond acceptors (Lipinski definition) is 6. The molecule has 2 aromatic carbocycles. The standard InChI is InChI=1S/C21H21NO5S/c1-13(2)12-27-19(23)11-22-20(24)18(28-21(22)25)10-14-8-9-17(26-3)16-7-5-4-6-15(14)16/h4-10,13H,11-12H2,1-3H3/b18-10+. The molecule has 1 aliphatic heterocycles. The van der Waals surface area contributed by atoms with Gasteiger partial charge in [-0.15, -0.1) is 0 Å². The van der Waals surface area contributed by atoms with Gasteiger partial charge in [0.15, 0.2) is 0 Å². The maximum atomic E-state index is 12.6. The van der Waals surface area contributed by atoms with Crippen molar-refractivity contribution in [1.82, 2.24) is 4.90 Å². The van der Waals surface area contributed by atoms with E-state index < -0.39 is 17.1 Å². The molecule has 0 atom stereocenters. The van der Waals surface area contributed by atoms with Crippen molar-refractivity contribution in [2.24, 2.45) is 5.92 Å². The maximum absolute atomic E-state index is 12.6. The number of hydrogen-bond donors (Lipinski definition) is 0. The van der Waals surface area contributed by atoms with Gasteiger partial charge in [-0.1, -0.05) is 44.2 Å². The van der Waals surface area contributed by atoms with Crippen LogP contribution in [0.3, 0.4) is 0 Å². The SMILES string of the molecule is COc1ccc(/C=C2/SC(=O)N(CC(=O)OCC(C)C)C2=O)c2ccccc12. The van der Waals surface area contributed by atoms with E-state index in [9.17, 15) is 14.4 Å². The average Bonchev–Trinajstić information content (AvgIpc) is 2.94. The van der Waals surface area contributed by atoms with Crippen LogP contribution in [0.4, 0.5) is 4.79 Å². The summed E-state index contributed by atoms with van der Waals surface area (Å²) in [5, 5.41) is 1.34.